The molecule has 0 heterocycles. The highest BCUT2D eigenvalue weighted by atomic mass is 79.9. The van der Waals surface area contributed by atoms with Crippen molar-refractivity contribution < 1.29 is 0 Å². The molecule has 0 aliphatic carbocycles. The third-order valence-corrected chi connectivity index (χ3v) is 1.51. The summed E-state index contributed by atoms with van der Waals surface area (Å²) in [5, 5.41) is 0.131. The van der Waals surface area contributed by atoms with Gasteiger partial charge in [-0.25, -0.2) is 0 Å². The number of hydrogen-bond donors (Lipinski definition) is 0. The molecule has 1 aromatic rings. The molecule has 0 aliphatic heterocycles. The second-order valence-electron chi connectivity index (χ2n) is 2.03. The number of halogens is 2. The number of rotatable bonds is 1. The first kappa shape index (κ1) is 9.99. The average molecular weight is 222 g/mol. The van der Waals surface area contributed by atoms with E-state index < -0.39 is 0 Å². The van der Waals surface area contributed by atoms with Gasteiger partial charge in [-0.15, -0.1) is 28.6 Å². The zero-order valence-electron chi connectivity index (χ0n) is 5.75. The summed E-state index contributed by atoms with van der Waals surface area (Å²) in [7, 11) is 0. The van der Waals surface area contributed by atoms with Crippen molar-refractivity contribution in [2.45, 2.75) is 12.3 Å². The minimum atomic E-state index is 0. The predicted molar refractivity (Wildman–Crippen MR) is 51.0 cm³/mol. The van der Waals surface area contributed by atoms with Gasteiger partial charge in [0.05, 0.1) is 5.38 Å². The molecule has 0 aliphatic rings. The molecule has 1 rings (SSSR count). The summed E-state index contributed by atoms with van der Waals surface area (Å²) in [6.45, 7) is 1.97. The van der Waals surface area contributed by atoms with E-state index in [9.17, 15) is 0 Å². The van der Waals surface area contributed by atoms with Crippen LogP contribution >= 0.6 is 28.6 Å². The topological polar surface area (TPSA) is 0 Å². The maximum absolute atomic E-state index is 5.80. The summed E-state index contributed by atoms with van der Waals surface area (Å²) in [5.41, 5.74) is 1.18. The van der Waals surface area contributed by atoms with E-state index in [1.807, 2.05) is 37.3 Å². The van der Waals surface area contributed by atoms with E-state index >= 15 is 0 Å². The van der Waals surface area contributed by atoms with Crippen molar-refractivity contribution in [2.75, 3.05) is 0 Å². The van der Waals surface area contributed by atoms with Gasteiger partial charge in [-0.3, -0.25) is 0 Å². The van der Waals surface area contributed by atoms with Crippen molar-refractivity contribution >= 4 is 28.6 Å². The van der Waals surface area contributed by atoms with Crippen LogP contribution in [0.5, 0.6) is 0 Å². The quantitative estimate of drug-likeness (QED) is 0.636. The highest BCUT2D eigenvalue weighted by molar-refractivity contribution is 8.93. The van der Waals surface area contributed by atoms with Crippen molar-refractivity contribution in [1.29, 1.82) is 0 Å². The Kier molecular flexibility index (Phi) is 4.75. The monoisotopic (exact) mass is 220 g/mol. The SMILES string of the molecule is Br.CC(Cl)c1ccccc1. The third kappa shape index (κ3) is 2.72. The first-order valence-electron chi connectivity index (χ1n) is 2.99. The lowest BCUT2D eigenvalue weighted by Gasteiger charge is -1.99. The summed E-state index contributed by atoms with van der Waals surface area (Å²) in [5.74, 6) is 0. The van der Waals surface area contributed by atoms with Gasteiger partial charge in [-0.05, 0) is 12.5 Å². The van der Waals surface area contributed by atoms with Crippen LogP contribution in [0.2, 0.25) is 0 Å². The van der Waals surface area contributed by atoms with E-state index in [0.717, 1.165) is 0 Å². The Bertz CT molecular complexity index is 172. The summed E-state index contributed by atoms with van der Waals surface area (Å²) >= 11 is 5.80. The number of hydrogen-bond acceptors (Lipinski definition) is 0. The molecule has 2 heteroatoms. The van der Waals surface area contributed by atoms with Crippen LogP contribution in [0.1, 0.15) is 17.9 Å². The third-order valence-electron chi connectivity index (χ3n) is 1.26. The molecular formula is C8H10BrCl. The van der Waals surface area contributed by atoms with E-state index in [1.165, 1.54) is 5.56 Å². The lowest BCUT2D eigenvalue weighted by Crippen LogP contribution is -1.80. The van der Waals surface area contributed by atoms with Gasteiger partial charge in [0.2, 0.25) is 0 Å². The molecule has 0 aromatic heterocycles. The van der Waals surface area contributed by atoms with Crippen molar-refractivity contribution in [3.05, 3.63) is 35.9 Å². The normalized spacial score (nSPS) is 11.8. The fourth-order valence-electron chi connectivity index (χ4n) is 0.718. The zero-order chi connectivity index (χ0) is 6.69. The Morgan fingerprint density at radius 1 is 1.20 bits per heavy atom. The first-order chi connectivity index (χ1) is 4.30. The van der Waals surface area contributed by atoms with Gasteiger partial charge in [0, 0.05) is 0 Å². The van der Waals surface area contributed by atoms with Gasteiger partial charge >= 0.3 is 0 Å². The molecule has 0 spiro atoms. The fourth-order valence-corrected chi connectivity index (χ4v) is 0.864. The second kappa shape index (κ2) is 4.75. The summed E-state index contributed by atoms with van der Waals surface area (Å²) in [4.78, 5) is 0. The Morgan fingerprint density at radius 2 is 1.70 bits per heavy atom. The van der Waals surface area contributed by atoms with Crippen LogP contribution in [0.3, 0.4) is 0 Å². The summed E-state index contributed by atoms with van der Waals surface area (Å²) < 4.78 is 0. The van der Waals surface area contributed by atoms with Crippen LogP contribution in [0, 0.1) is 0 Å². The highest BCUT2D eigenvalue weighted by Crippen LogP contribution is 2.17. The minimum absolute atomic E-state index is 0. The van der Waals surface area contributed by atoms with E-state index in [1.54, 1.807) is 0 Å². The molecule has 10 heavy (non-hydrogen) atoms. The number of benzene rings is 1. The molecule has 0 radical (unpaired) electrons. The van der Waals surface area contributed by atoms with E-state index in [2.05, 4.69) is 0 Å². The smallest absolute Gasteiger partial charge is 0.0557 e. The van der Waals surface area contributed by atoms with Gasteiger partial charge in [-0.2, -0.15) is 0 Å². The molecule has 0 bridgehead atoms. The molecule has 1 unspecified atom stereocenters. The molecule has 1 aromatic carbocycles. The zero-order valence-corrected chi connectivity index (χ0v) is 8.22. The Labute approximate surface area is 77.0 Å². The summed E-state index contributed by atoms with van der Waals surface area (Å²) in [6.07, 6.45) is 0. The summed E-state index contributed by atoms with van der Waals surface area (Å²) in [6, 6.07) is 10.0. The molecule has 0 amide bonds. The van der Waals surface area contributed by atoms with Crippen LogP contribution in [0.25, 0.3) is 0 Å². The van der Waals surface area contributed by atoms with Crippen LogP contribution in [0.15, 0.2) is 30.3 Å². The van der Waals surface area contributed by atoms with Gasteiger partial charge in [0.15, 0.2) is 0 Å². The average Bonchev–Trinajstić information content (AvgIpc) is 1.90. The Hall–Kier alpha value is -0.0100. The first-order valence-corrected chi connectivity index (χ1v) is 3.43. The Morgan fingerprint density at radius 3 is 2.00 bits per heavy atom. The van der Waals surface area contributed by atoms with Crippen LogP contribution in [-0.4, -0.2) is 0 Å². The molecule has 0 saturated heterocycles. The minimum Gasteiger partial charge on any atom is -0.118 e. The van der Waals surface area contributed by atoms with Gasteiger partial charge in [-0.1, -0.05) is 30.3 Å². The lowest BCUT2D eigenvalue weighted by atomic mass is 10.2. The highest BCUT2D eigenvalue weighted by Gasteiger charge is 1.95. The van der Waals surface area contributed by atoms with E-state index in [-0.39, 0.29) is 22.4 Å². The van der Waals surface area contributed by atoms with Crippen LogP contribution < -0.4 is 0 Å². The van der Waals surface area contributed by atoms with Gasteiger partial charge < -0.3 is 0 Å². The van der Waals surface area contributed by atoms with Crippen molar-refractivity contribution in [3.63, 3.8) is 0 Å². The van der Waals surface area contributed by atoms with E-state index in [0.29, 0.717) is 0 Å². The molecule has 0 saturated carbocycles. The lowest BCUT2D eigenvalue weighted by molar-refractivity contribution is 1.08. The molecule has 56 valence electrons. The largest absolute Gasteiger partial charge is 0.118 e. The van der Waals surface area contributed by atoms with Crippen LogP contribution in [0.4, 0.5) is 0 Å². The molecule has 1 atom stereocenters. The van der Waals surface area contributed by atoms with Crippen molar-refractivity contribution in [1.82, 2.24) is 0 Å². The van der Waals surface area contributed by atoms with Crippen LogP contribution in [-0.2, 0) is 0 Å². The van der Waals surface area contributed by atoms with Crippen molar-refractivity contribution in [2.24, 2.45) is 0 Å². The molecular weight excluding hydrogens is 211 g/mol. The molecule has 0 fully saturated rings. The second-order valence-corrected chi connectivity index (χ2v) is 2.68. The van der Waals surface area contributed by atoms with Gasteiger partial charge in [0.25, 0.3) is 0 Å². The predicted octanol–water partition coefficient (Wildman–Crippen LogP) is 3.56. The molecule has 0 N–H and O–H groups in total. The van der Waals surface area contributed by atoms with Gasteiger partial charge in [0.1, 0.15) is 0 Å². The maximum Gasteiger partial charge on any atom is 0.0557 e. The van der Waals surface area contributed by atoms with Crippen molar-refractivity contribution in [3.8, 4) is 0 Å². The molecule has 0 nitrogen and oxygen atoms in total. The Balaban J connectivity index is 0.000000810. The standard InChI is InChI=1S/C8H9Cl.BrH/c1-7(9)8-5-3-2-4-6-8;/h2-7H,1H3;1H. The fraction of sp³-hybridized carbons (Fsp3) is 0.250. The maximum atomic E-state index is 5.80. The van der Waals surface area contributed by atoms with E-state index in [4.69, 9.17) is 11.6 Å². The number of alkyl halides is 1.